The lowest BCUT2D eigenvalue weighted by Crippen LogP contribution is -2.31. The second-order valence-corrected chi connectivity index (χ2v) is 3.04. The minimum atomic E-state index is -4.35. The van der Waals surface area contributed by atoms with Crippen LogP contribution in [0.25, 0.3) is 0 Å². The molecule has 1 heterocycles. The van der Waals surface area contributed by atoms with Gasteiger partial charge in [0.1, 0.15) is 12.4 Å². The molecule has 0 aliphatic rings. The third-order valence-electron chi connectivity index (χ3n) is 1.66. The van der Waals surface area contributed by atoms with Crippen LogP contribution in [0.1, 0.15) is 10.5 Å². The number of rotatable bonds is 3. The van der Waals surface area contributed by atoms with E-state index in [4.69, 9.17) is 5.11 Å². The van der Waals surface area contributed by atoms with Crippen LogP contribution >= 0.6 is 0 Å². The van der Waals surface area contributed by atoms with Crippen LogP contribution in [-0.4, -0.2) is 40.8 Å². The fourth-order valence-electron chi connectivity index (χ4n) is 0.979. The van der Waals surface area contributed by atoms with Crippen LogP contribution in [0.3, 0.4) is 0 Å². The maximum absolute atomic E-state index is 12.0. The van der Waals surface area contributed by atoms with Gasteiger partial charge in [-0.3, -0.25) is 0 Å². The molecule has 88 valence electrons. The van der Waals surface area contributed by atoms with Gasteiger partial charge >= 0.3 is 12.1 Å². The predicted octanol–water partition coefficient (Wildman–Crippen LogP) is 1.17. The van der Waals surface area contributed by atoms with Crippen LogP contribution < -0.4 is 4.90 Å². The number of carboxylic acid groups (broad SMARTS) is 1. The van der Waals surface area contributed by atoms with Crippen molar-refractivity contribution >= 4 is 11.8 Å². The molecule has 0 saturated carbocycles. The minimum Gasteiger partial charge on any atom is -0.476 e. The van der Waals surface area contributed by atoms with Crippen molar-refractivity contribution in [3.05, 3.63) is 18.1 Å². The Hall–Kier alpha value is -1.86. The largest absolute Gasteiger partial charge is 0.476 e. The summed E-state index contributed by atoms with van der Waals surface area (Å²) in [6, 6.07) is 0. The summed E-state index contributed by atoms with van der Waals surface area (Å²) in [5, 5.41) is 8.50. The molecule has 0 spiro atoms. The summed E-state index contributed by atoms with van der Waals surface area (Å²) in [5.74, 6) is -1.32. The molecule has 0 radical (unpaired) electrons. The Labute approximate surface area is 88.5 Å². The molecular formula is C8H8F3N3O2. The Balaban J connectivity index is 2.78. The van der Waals surface area contributed by atoms with E-state index in [1.807, 2.05) is 0 Å². The van der Waals surface area contributed by atoms with Crippen LogP contribution in [0.5, 0.6) is 0 Å². The van der Waals surface area contributed by atoms with Crippen molar-refractivity contribution in [2.45, 2.75) is 6.18 Å². The standard InChI is InChI=1S/C8H8F3N3O2/c1-14(4-8(9,10)11)6-3-12-5(2-13-6)7(15)16/h2-3H,4H2,1H3,(H,15,16). The number of aromatic nitrogens is 2. The van der Waals surface area contributed by atoms with Crippen LogP contribution in [0, 0.1) is 0 Å². The molecule has 0 saturated heterocycles. The molecule has 0 amide bonds. The van der Waals surface area contributed by atoms with Gasteiger partial charge in [0.2, 0.25) is 0 Å². The van der Waals surface area contributed by atoms with Crippen LogP contribution in [0.2, 0.25) is 0 Å². The lowest BCUT2D eigenvalue weighted by atomic mass is 10.4. The molecule has 0 unspecified atom stereocenters. The number of aromatic carboxylic acids is 1. The van der Waals surface area contributed by atoms with Crippen LogP contribution in [0.15, 0.2) is 12.4 Å². The third kappa shape index (κ3) is 3.37. The average molecular weight is 235 g/mol. The highest BCUT2D eigenvalue weighted by atomic mass is 19.4. The first kappa shape index (κ1) is 12.2. The maximum Gasteiger partial charge on any atom is 0.405 e. The normalized spacial score (nSPS) is 11.2. The molecular weight excluding hydrogens is 227 g/mol. The smallest absolute Gasteiger partial charge is 0.405 e. The number of hydrogen-bond acceptors (Lipinski definition) is 4. The van der Waals surface area contributed by atoms with Gasteiger partial charge in [0, 0.05) is 7.05 Å². The molecule has 0 aliphatic heterocycles. The van der Waals surface area contributed by atoms with Gasteiger partial charge in [0.05, 0.1) is 12.4 Å². The van der Waals surface area contributed by atoms with E-state index in [9.17, 15) is 18.0 Å². The van der Waals surface area contributed by atoms with Crippen molar-refractivity contribution in [1.29, 1.82) is 0 Å². The fraction of sp³-hybridized carbons (Fsp3) is 0.375. The number of carbonyl (C=O) groups is 1. The molecule has 1 rings (SSSR count). The van der Waals surface area contributed by atoms with E-state index in [2.05, 4.69) is 9.97 Å². The first-order valence-corrected chi connectivity index (χ1v) is 4.13. The highest BCUT2D eigenvalue weighted by Crippen LogP contribution is 2.18. The Kier molecular flexibility index (Phi) is 3.31. The highest BCUT2D eigenvalue weighted by molar-refractivity contribution is 5.84. The lowest BCUT2D eigenvalue weighted by Gasteiger charge is -2.19. The van der Waals surface area contributed by atoms with Gasteiger partial charge in [0.15, 0.2) is 5.69 Å². The quantitative estimate of drug-likeness (QED) is 0.851. The van der Waals surface area contributed by atoms with Gasteiger partial charge in [-0.05, 0) is 0 Å². The van der Waals surface area contributed by atoms with E-state index < -0.39 is 18.7 Å². The highest BCUT2D eigenvalue weighted by Gasteiger charge is 2.29. The minimum absolute atomic E-state index is 0.0395. The van der Waals surface area contributed by atoms with Crippen molar-refractivity contribution in [3.8, 4) is 0 Å². The molecule has 1 aromatic rings. The van der Waals surface area contributed by atoms with Crippen molar-refractivity contribution in [1.82, 2.24) is 9.97 Å². The molecule has 0 atom stereocenters. The summed E-state index contributed by atoms with van der Waals surface area (Å²) in [4.78, 5) is 18.3. The second-order valence-electron chi connectivity index (χ2n) is 3.04. The van der Waals surface area contributed by atoms with E-state index in [1.54, 1.807) is 0 Å². The molecule has 8 heteroatoms. The van der Waals surface area contributed by atoms with Crippen LogP contribution in [0.4, 0.5) is 19.0 Å². The molecule has 0 fully saturated rings. The zero-order chi connectivity index (χ0) is 12.3. The molecule has 0 aliphatic carbocycles. The number of carboxylic acids is 1. The summed E-state index contributed by atoms with van der Waals surface area (Å²) >= 11 is 0. The van der Waals surface area contributed by atoms with Crippen molar-refractivity contribution in [2.24, 2.45) is 0 Å². The number of nitrogens with zero attached hydrogens (tertiary/aromatic N) is 3. The van der Waals surface area contributed by atoms with Gasteiger partial charge in [-0.25, -0.2) is 14.8 Å². The van der Waals surface area contributed by atoms with Gasteiger partial charge in [-0.15, -0.1) is 0 Å². The zero-order valence-electron chi connectivity index (χ0n) is 8.19. The summed E-state index contributed by atoms with van der Waals surface area (Å²) in [6.07, 6.45) is -2.46. The Bertz CT molecular complexity index is 377. The first-order chi connectivity index (χ1) is 7.29. The number of alkyl halides is 3. The van der Waals surface area contributed by atoms with E-state index in [-0.39, 0.29) is 11.5 Å². The predicted molar refractivity (Wildman–Crippen MR) is 48.3 cm³/mol. The van der Waals surface area contributed by atoms with Gasteiger partial charge in [0.25, 0.3) is 0 Å². The molecule has 16 heavy (non-hydrogen) atoms. The molecule has 1 N–H and O–H groups in total. The number of anilines is 1. The summed E-state index contributed by atoms with van der Waals surface area (Å²) in [7, 11) is 1.19. The SMILES string of the molecule is CN(CC(F)(F)F)c1cnc(C(=O)O)cn1. The summed E-state index contributed by atoms with van der Waals surface area (Å²) in [6.45, 7) is -1.17. The van der Waals surface area contributed by atoms with Crippen LogP contribution in [-0.2, 0) is 0 Å². The monoisotopic (exact) mass is 235 g/mol. The summed E-state index contributed by atoms with van der Waals surface area (Å²) in [5.41, 5.74) is -0.316. The first-order valence-electron chi connectivity index (χ1n) is 4.13. The second kappa shape index (κ2) is 4.33. The number of hydrogen-bond donors (Lipinski definition) is 1. The lowest BCUT2D eigenvalue weighted by molar-refractivity contribution is -0.119. The number of halogens is 3. The van der Waals surface area contributed by atoms with Crippen molar-refractivity contribution in [2.75, 3.05) is 18.5 Å². The molecule has 0 bridgehead atoms. The van der Waals surface area contributed by atoms with E-state index in [0.717, 1.165) is 17.3 Å². The molecule has 5 nitrogen and oxygen atoms in total. The van der Waals surface area contributed by atoms with Crippen molar-refractivity contribution < 1.29 is 23.1 Å². The van der Waals surface area contributed by atoms with Crippen molar-refractivity contribution in [3.63, 3.8) is 0 Å². The van der Waals surface area contributed by atoms with Gasteiger partial charge in [-0.2, -0.15) is 13.2 Å². The topological polar surface area (TPSA) is 66.3 Å². The van der Waals surface area contributed by atoms with E-state index in [1.165, 1.54) is 7.05 Å². The summed E-state index contributed by atoms with van der Waals surface area (Å²) < 4.78 is 36.0. The average Bonchev–Trinajstić information content (AvgIpc) is 2.15. The Morgan fingerprint density at radius 2 is 2.06 bits per heavy atom. The van der Waals surface area contributed by atoms with Gasteiger partial charge in [-0.1, -0.05) is 0 Å². The fourth-order valence-corrected chi connectivity index (χ4v) is 0.979. The van der Waals surface area contributed by atoms with E-state index in [0.29, 0.717) is 0 Å². The third-order valence-corrected chi connectivity index (χ3v) is 1.66. The van der Waals surface area contributed by atoms with Gasteiger partial charge < -0.3 is 10.0 Å². The Morgan fingerprint density at radius 3 is 2.44 bits per heavy atom. The zero-order valence-corrected chi connectivity index (χ0v) is 8.19. The maximum atomic E-state index is 12.0. The molecule has 1 aromatic heterocycles. The Morgan fingerprint density at radius 1 is 1.44 bits per heavy atom. The molecule has 0 aromatic carbocycles. The van der Waals surface area contributed by atoms with E-state index >= 15 is 0 Å².